The van der Waals surface area contributed by atoms with Crippen molar-refractivity contribution in [3.63, 3.8) is 0 Å². The van der Waals surface area contributed by atoms with E-state index in [9.17, 15) is 9.59 Å². The molecule has 0 spiro atoms. The summed E-state index contributed by atoms with van der Waals surface area (Å²) in [4.78, 5) is 25.5. The number of nitrogens with one attached hydrogen (secondary N) is 1. The molecule has 0 saturated carbocycles. The van der Waals surface area contributed by atoms with E-state index in [1.807, 2.05) is 12.1 Å². The molecule has 130 valence electrons. The van der Waals surface area contributed by atoms with Crippen LogP contribution in [-0.2, 0) is 16.0 Å². The van der Waals surface area contributed by atoms with Gasteiger partial charge in [0.25, 0.3) is 5.91 Å². The minimum Gasteiger partial charge on any atom is -0.479 e. The predicted octanol–water partition coefficient (Wildman–Crippen LogP) is 3.31. The average molecular weight is 338 g/mol. The first-order valence-corrected chi connectivity index (χ1v) is 8.43. The minimum absolute atomic E-state index is 0.0103. The van der Waals surface area contributed by atoms with Crippen molar-refractivity contribution >= 4 is 23.2 Å². The van der Waals surface area contributed by atoms with Crippen molar-refractivity contribution in [2.75, 3.05) is 23.9 Å². The number of aryl methyl sites for hydroxylation is 2. The third-order valence-corrected chi connectivity index (χ3v) is 4.45. The monoisotopic (exact) mass is 338 g/mol. The van der Waals surface area contributed by atoms with Crippen molar-refractivity contribution in [2.45, 2.75) is 26.2 Å². The fourth-order valence-electron chi connectivity index (χ4n) is 2.95. The molecule has 5 heteroatoms. The lowest BCUT2D eigenvalue weighted by Gasteiger charge is -2.27. The molecule has 0 radical (unpaired) electrons. The fraction of sp³-hybridized carbons (Fsp3) is 0.300. The summed E-state index contributed by atoms with van der Waals surface area (Å²) < 4.78 is 5.52. The van der Waals surface area contributed by atoms with Gasteiger partial charge in [0, 0.05) is 13.5 Å². The van der Waals surface area contributed by atoms with Gasteiger partial charge in [-0.2, -0.15) is 0 Å². The summed E-state index contributed by atoms with van der Waals surface area (Å²) in [5, 5.41) is 2.90. The van der Waals surface area contributed by atoms with Gasteiger partial charge in [-0.05, 0) is 43.0 Å². The summed E-state index contributed by atoms with van der Waals surface area (Å²) in [6, 6.07) is 13.6. The Labute approximate surface area is 147 Å². The van der Waals surface area contributed by atoms with Crippen molar-refractivity contribution in [1.29, 1.82) is 0 Å². The molecule has 1 aliphatic heterocycles. The molecule has 3 rings (SSSR count). The normalized spacial score (nSPS) is 13.2. The van der Waals surface area contributed by atoms with Crippen LogP contribution in [0.25, 0.3) is 0 Å². The number of nitrogens with zero attached hydrogens (tertiary/aromatic N) is 1. The van der Waals surface area contributed by atoms with Crippen molar-refractivity contribution in [2.24, 2.45) is 0 Å². The van der Waals surface area contributed by atoms with Crippen LogP contribution in [-0.4, -0.2) is 25.5 Å². The van der Waals surface area contributed by atoms with Crippen molar-refractivity contribution in [1.82, 2.24) is 0 Å². The summed E-state index contributed by atoms with van der Waals surface area (Å²) >= 11 is 0. The molecule has 0 aromatic heterocycles. The van der Waals surface area contributed by atoms with Gasteiger partial charge < -0.3 is 15.0 Å². The van der Waals surface area contributed by atoms with Gasteiger partial charge in [-0.1, -0.05) is 30.3 Å². The molecule has 2 aromatic carbocycles. The second-order valence-electron chi connectivity index (χ2n) is 6.22. The third-order valence-electron chi connectivity index (χ3n) is 4.45. The molecule has 0 atom stereocenters. The molecule has 25 heavy (non-hydrogen) atoms. The van der Waals surface area contributed by atoms with Crippen LogP contribution in [0.4, 0.5) is 11.4 Å². The van der Waals surface area contributed by atoms with E-state index in [4.69, 9.17) is 4.74 Å². The number of anilines is 2. The number of ether oxygens (including phenoxy) is 1. The lowest BCUT2D eigenvalue weighted by atomic mass is 10.0. The summed E-state index contributed by atoms with van der Waals surface area (Å²) in [5.74, 6) is 0.399. The van der Waals surface area contributed by atoms with Crippen LogP contribution in [0.15, 0.2) is 42.5 Å². The van der Waals surface area contributed by atoms with Gasteiger partial charge in [-0.15, -0.1) is 0 Å². The van der Waals surface area contributed by atoms with E-state index in [-0.39, 0.29) is 18.4 Å². The number of likely N-dealkylation sites (N-methyl/N-ethyl adjacent to an activating group) is 1. The zero-order valence-electron chi connectivity index (χ0n) is 14.5. The van der Waals surface area contributed by atoms with Gasteiger partial charge in [-0.25, -0.2) is 0 Å². The summed E-state index contributed by atoms with van der Waals surface area (Å²) in [6.07, 6.45) is 2.10. The van der Waals surface area contributed by atoms with Gasteiger partial charge in [0.1, 0.15) is 0 Å². The Morgan fingerprint density at radius 1 is 1.20 bits per heavy atom. The summed E-state index contributed by atoms with van der Waals surface area (Å²) in [7, 11) is 1.71. The van der Waals surface area contributed by atoms with Gasteiger partial charge >= 0.3 is 0 Å². The van der Waals surface area contributed by atoms with E-state index in [1.165, 1.54) is 11.1 Å². The second-order valence-corrected chi connectivity index (χ2v) is 6.22. The van der Waals surface area contributed by atoms with Crippen LogP contribution in [0.1, 0.15) is 24.0 Å². The lowest BCUT2D eigenvalue weighted by Crippen LogP contribution is -2.35. The van der Waals surface area contributed by atoms with Crippen LogP contribution in [0.2, 0.25) is 0 Å². The number of rotatable bonds is 5. The number of carbonyl (C=O) groups excluding carboxylic acids is 2. The number of benzene rings is 2. The van der Waals surface area contributed by atoms with E-state index in [0.29, 0.717) is 23.5 Å². The quantitative estimate of drug-likeness (QED) is 0.910. The third kappa shape index (κ3) is 3.82. The topological polar surface area (TPSA) is 58.6 Å². The van der Waals surface area contributed by atoms with E-state index in [0.717, 1.165) is 12.8 Å². The highest BCUT2D eigenvalue weighted by atomic mass is 16.5. The summed E-state index contributed by atoms with van der Waals surface area (Å²) in [6.45, 7) is 2.07. The summed E-state index contributed by atoms with van der Waals surface area (Å²) in [5.41, 5.74) is 3.81. The number of amides is 2. The maximum atomic E-state index is 12.3. The first-order valence-electron chi connectivity index (χ1n) is 8.43. The SMILES string of the molecule is Cc1ccccc1CCCC(=O)Nc1cccc2c1OCC(=O)N2C. The van der Waals surface area contributed by atoms with Crippen molar-refractivity contribution in [3.8, 4) is 5.75 Å². The number of hydrogen-bond donors (Lipinski definition) is 1. The van der Waals surface area contributed by atoms with Crippen molar-refractivity contribution in [3.05, 3.63) is 53.6 Å². The molecule has 0 aliphatic carbocycles. The Morgan fingerprint density at radius 3 is 2.80 bits per heavy atom. The Kier molecular flexibility index (Phi) is 5.03. The predicted molar refractivity (Wildman–Crippen MR) is 98.1 cm³/mol. The van der Waals surface area contributed by atoms with Crippen molar-refractivity contribution < 1.29 is 14.3 Å². The zero-order chi connectivity index (χ0) is 17.8. The largest absolute Gasteiger partial charge is 0.479 e. The molecular weight excluding hydrogens is 316 g/mol. The first kappa shape index (κ1) is 17.0. The average Bonchev–Trinajstić information content (AvgIpc) is 2.60. The Morgan fingerprint density at radius 2 is 2.00 bits per heavy atom. The molecule has 1 heterocycles. The van der Waals surface area contributed by atoms with E-state index < -0.39 is 0 Å². The number of fused-ring (bicyclic) bond motifs is 1. The molecule has 1 aliphatic rings. The highest BCUT2D eigenvalue weighted by Gasteiger charge is 2.24. The number of hydrogen-bond acceptors (Lipinski definition) is 3. The molecular formula is C20H22N2O3. The highest BCUT2D eigenvalue weighted by molar-refractivity contribution is 6.01. The van der Waals surface area contributed by atoms with E-state index in [1.54, 1.807) is 30.1 Å². The number of para-hydroxylation sites is 1. The molecule has 2 amide bonds. The smallest absolute Gasteiger partial charge is 0.264 e. The minimum atomic E-state index is -0.103. The van der Waals surface area contributed by atoms with Gasteiger partial charge in [0.2, 0.25) is 5.91 Å². The van der Waals surface area contributed by atoms with Crippen LogP contribution >= 0.6 is 0 Å². The van der Waals surface area contributed by atoms with E-state index >= 15 is 0 Å². The van der Waals surface area contributed by atoms with Crippen LogP contribution in [0.3, 0.4) is 0 Å². The molecule has 2 aromatic rings. The van der Waals surface area contributed by atoms with Crippen LogP contribution < -0.4 is 15.0 Å². The van der Waals surface area contributed by atoms with Gasteiger partial charge in [0.05, 0.1) is 11.4 Å². The molecule has 0 bridgehead atoms. The maximum Gasteiger partial charge on any atom is 0.264 e. The number of carbonyl (C=O) groups is 2. The molecule has 0 saturated heterocycles. The molecule has 1 N–H and O–H groups in total. The fourth-order valence-corrected chi connectivity index (χ4v) is 2.95. The Hall–Kier alpha value is -2.82. The Balaban J connectivity index is 1.60. The molecule has 0 fully saturated rings. The standard InChI is InChI=1S/C20H22N2O3/c1-14-7-3-4-8-15(14)9-5-12-18(23)21-16-10-6-11-17-20(16)25-13-19(24)22(17)2/h3-4,6-8,10-11H,5,9,12-13H2,1-2H3,(H,21,23). The molecule has 5 nitrogen and oxygen atoms in total. The highest BCUT2D eigenvalue weighted by Crippen LogP contribution is 2.38. The first-order chi connectivity index (χ1) is 12.1. The Bertz CT molecular complexity index is 801. The van der Waals surface area contributed by atoms with Crippen LogP contribution in [0, 0.1) is 6.92 Å². The maximum absolute atomic E-state index is 12.3. The molecule has 0 unspecified atom stereocenters. The zero-order valence-corrected chi connectivity index (χ0v) is 14.5. The second kappa shape index (κ2) is 7.38. The van der Waals surface area contributed by atoms with E-state index in [2.05, 4.69) is 24.4 Å². The van der Waals surface area contributed by atoms with Gasteiger partial charge in [-0.3, -0.25) is 9.59 Å². The lowest BCUT2D eigenvalue weighted by molar-refractivity contribution is -0.121. The van der Waals surface area contributed by atoms with Gasteiger partial charge in [0.15, 0.2) is 12.4 Å². The van der Waals surface area contributed by atoms with Crippen LogP contribution in [0.5, 0.6) is 5.75 Å².